The summed E-state index contributed by atoms with van der Waals surface area (Å²) in [5.74, 6) is 0.701. The third kappa shape index (κ3) is 4.83. The average Bonchev–Trinajstić information content (AvgIpc) is 2.98. The number of aromatic nitrogens is 2. The maximum absolute atomic E-state index is 14.6. The lowest BCUT2D eigenvalue weighted by Crippen LogP contribution is -2.43. The van der Waals surface area contributed by atoms with Crippen LogP contribution in [-0.2, 0) is 16.6 Å². The van der Waals surface area contributed by atoms with Crippen molar-refractivity contribution in [2.75, 3.05) is 18.2 Å². The number of carbonyl (C=O) groups excluding carboxylic acids is 1. The third-order valence-electron chi connectivity index (χ3n) is 8.28. The zero-order valence-electron chi connectivity index (χ0n) is 22.9. The third-order valence-corrected chi connectivity index (χ3v) is 9.22. The molecule has 3 aromatic carbocycles. The standard InChI is InChI=1S/C33H33N3O3S/c1-22-10-4-7-13-27(22)34-28(37)21-40-32-35-30-26-12-6-5-11-23(26)20-33(18-8-3-9-19-33)29(30)31(38)36(32)24-14-16-25(39-2)17-15-24/h4-7,10-17H,3,8-9,18-21H2,1-2H3,(H,34,37). The number of para-hydroxylation sites is 1. The molecule has 2 aliphatic rings. The SMILES string of the molecule is COc1ccc(-n2c(SCC(=O)Nc3ccccc3C)nc3c(c2=O)C2(CCCCC2)Cc2ccccc2-3)cc1. The number of aryl methyl sites for hydroxylation is 1. The van der Waals surface area contributed by atoms with E-state index in [2.05, 4.69) is 23.5 Å². The van der Waals surface area contributed by atoms with Gasteiger partial charge in [-0.2, -0.15) is 0 Å². The number of hydrogen-bond donors (Lipinski definition) is 1. The summed E-state index contributed by atoms with van der Waals surface area (Å²) >= 11 is 1.29. The van der Waals surface area contributed by atoms with E-state index in [-0.39, 0.29) is 22.6 Å². The van der Waals surface area contributed by atoms with Gasteiger partial charge in [0.05, 0.1) is 29.8 Å². The minimum absolute atomic E-state index is 0.0339. The first-order chi connectivity index (χ1) is 19.5. The number of benzene rings is 3. The molecule has 6 nitrogen and oxygen atoms in total. The van der Waals surface area contributed by atoms with Crippen molar-refractivity contribution in [2.24, 2.45) is 0 Å². The molecule has 1 fully saturated rings. The van der Waals surface area contributed by atoms with E-state index in [1.807, 2.05) is 61.5 Å². The molecule has 40 heavy (non-hydrogen) atoms. The van der Waals surface area contributed by atoms with Gasteiger partial charge in [0.1, 0.15) is 5.75 Å². The molecule has 1 saturated carbocycles. The van der Waals surface area contributed by atoms with Crippen LogP contribution in [0.1, 0.15) is 48.8 Å². The summed E-state index contributed by atoms with van der Waals surface area (Å²) in [6.07, 6.45) is 6.25. The van der Waals surface area contributed by atoms with Gasteiger partial charge < -0.3 is 10.1 Å². The smallest absolute Gasteiger partial charge is 0.263 e. The van der Waals surface area contributed by atoms with Gasteiger partial charge in [-0.3, -0.25) is 14.2 Å². The summed E-state index contributed by atoms with van der Waals surface area (Å²) in [7, 11) is 1.63. The highest BCUT2D eigenvalue weighted by Crippen LogP contribution is 2.49. The largest absolute Gasteiger partial charge is 0.497 e. The van der Waals surface area contributed by atoms with Gasteiger partial charge in [-0.1, -0.05) is 73.5 Å². The van der Waals surface area contributed by atoms with Crippen LogP contribution < -0.4 is 15.6 Å². The Kier molecular flexibility index (Phi) is 7.24. The van der Waals surface area contributed by atoms with Crippen LogP contribution in [0.3, 0.4) is 0 Å². The first-order valence-electron chi connectivity index (χ1n) is 13.9. The molecular weight excluding hydrogens is 518 g/mol. The van der Waals surface area contributed by atoms with Crippen LogP contribution in [0.15, 0.2) is 82.7 Å². The molecule has 0 bridgehead atoms. The number of rotatable bonds is 6. The number of fused-ring (bicyclic) bond motifs is 4. The van der Waals surface area contributed by atoms with Gasteiger partial charge in [-0.15, -0.1) is 0 Å². The highest BCUT2D eigenvalue weighted by molar-refractivity contribution is 7.99. The average molecular weight is 552 g/mol. The van der Waals surface area contributed by atoms with E-state index in [1.165, 1.54) is 23.7 Å². The molecule has 0 radical (unpaired) electrons. The second kappa shape index (κ2) is 11.0. The Labute approximate surface area is 238 Å². The lowest BCUT2D eigenvalue weighted by atomic mass is 9.62. The minimum atomic E-state index is -0.217. The summed E-state index contributed by atoms with van der Waals surface area (Å²) in [6.45, 7) is 1.97. The van der Waals surface area contributed by atoms with Crippen molar-refractivity contribution in [3.8, 4) is 22.7 Å². The van der Waals surface area contributed by atoms with Gasteiger partial charge in [0, 0.05) is 16.7 Å². The number of nitrogens with one attached hydrogen (secondary N) is 1. The van der Waals surface area contributed by atoms with Crippen molar-refractivity contribution in [1.82, 2.24) is 9.55 Å². The van der Waals surface area contributed by atoms with Gasteiger partial charge in [0.15, 0.2) is 5.16 Å². The summed E-state index contributed by atoms with van der Waals surface area (Å²) in [6, 6.07) is 23.5. The second-order valence-corrected chi connectivity index (χ2v) is 11.7. The molecule has 7 heteroatoms. The van der Waals surface area contributed by atoms with E-state index in [4.69, 9.17) is 9.72 Å². The van der Waals surface area contributed by atoms with Crippen molar-refractivity contribution >= 4 is 23.4 Å². The number of ether oxygens (including phenoxy) is 1. The van der Waals surface area contributed by atoms with Crippen molar-refractivity contribution in [2.45, 2.75) is 56.0 Å². The molecule has 2 aliphatic carbocycles. The van der Waals surface area contributed by atoms with E-state index in [9.17, 15) is 9.59 Å². The molecular formula is C33H33N3O3S. The van der Waals surface area contributed by atoms with E-state index in [0.717, 1.165) is 60.2 Å². The quantitative estimate of drug-likeness (QED) is 0.213. The highest BCUT2D eigenvalue weighted by atomic mass is 32.2. The van der Waals surface area contributed by atoms with Crippen LogP contribution in [0, 0.1) is 6.92 Å². The van der Waals surface area contributed by atoms with Gasteiger partial charge in [0.2, 0.25) is 5.91 Å². The highest BCUT2D eigenvalue weighted by Gasteiger charge is 2.43. The number of hydrogen-bond acceptors (Lipinski definition) is 5. The molecule has 0 unspecified atom stereocenters. The second-order valence-electron chi connectivity index (χ2n) is 10.8. The van der Waals surface area contributed by atoms with Crippen molar-refractivity contribution in [3.05, 3.63) is 99.8 Å². The molecule has 1 aromatic heterocycles. The summed E-state index contributed by atoms with van der Waals surface area (Å²) in [5, 5.41) is 3.51. The molecule has 4 aromatic rings. The molecule has 204 valence electrons. The maximum Gasteiger partial charge on any atom is 0.263 e. The molecule has 1 amide bonds. The number of thioether (sulfide) groups is 1. The van der Waals surface area contributed by atoms with Crippen LogP contribution in [0.5, 0.6) is 5.75 Å². The monoisotopic (exact) mass is 551 g/mol. The number of anilines is 1. The Morgan fingerprint density at radius 2 is 1.73 bits per heavy atom. The number of amides is 1. The van der Waals surface area contributed by atoms with E-state index >= 15 is 0 Å². The first kappa shape index (κ1) is 26.4. The van der Waals surface area contributed by atoms with E-state index < -0.39 is 0 Å². The predicted octanol–water partition coefficient (Wildman–Crippen LogP) is 6.71. The molecule has 1 spiro atoms. The summed E-state index contributed by atoms with van der Waals surface area (Å²) < 4.78 is 7.07. The van der Waals surface area contributed by atoms with E-state index in [0.29, 0.717) is 16.6 Å². The zero-order valence-corrected chi connectivity index (χ0v) is 23.7. The topological polar surface area (TPSA) is 73.2 Å². The van der Waals surface area contributed by atoms with Crippen LogP contribution in [0.25, 0.3) is 16.9 Å². The van der Waals surface area contributed by atoms with Crippen LogP contribution in [0.2, 0.25) is 0 Å². The zero-order chi connectivity index (χ0) is 27.7. The Morgan fingerprint density at radius 3 is 2.48 bits per heavy atom. The van der Waals surface area contributed by atoms with Gasteiger partial charge in [0.25, 0.3) is 5.56 Å². The Morgan fingerprint density at radius 1 is 1.00 bits per heavy atom. The number of carbonyl (C=O) groups is 1. The first-order valence-corrected chi connectivity index (χ1v) is 14.9. The van der Waals surface area contributed by atoms with Crippen molar-refractivity contribution < 1.29 is 9.53 Å². The Bertz CT molecular complexity index is 1620. The van der Waals surface area contributed by atoms with Crippen LogP contribution in [0.4, 0.5) is 5.69 Å². The molecule has 0 atom stereocenters. The van der Waals surface area contributed by atoms with Crippen molar-refractivity contribution in [1.29, 1.82) is 0 Å². The minimum Gasteiger partial charge on any atom is -0.497 e. The normalized spacial score (nSPS) is 15.2. The van der Waals surface area contributed by atoms with Gasteiger partial charge in [-0.05, 0) is 67.6 Å². The maximum atomic E-state index is 14.6. The molecule has 6 rings (SSSR count). The van der Waals surface area contributed by atoms with Gasteiger partial charge >= 0.3 is 0 Å². The molecule has 1 heterocycles. The molecule has 0 aliphatic heterocycles. The molecule has 0 saturated heterocycles. The fourth-order valence-electron chi connectivity index (χ4n) is 6.27. The van der Waals surface area contributed by atoms with Crippen molar-refractivity contribution in [3.63, 3.8) is 0 Å². The lowest BCUT2D eigenvalue weighted by molar-refractivity contribution is -0.113. The fourth-order valence-corrected chi connectivity index (χ4v) is 7.08. The lowest BCUT2D eigenvalue weighted by Gasteiger charge is -2.42. The summed E-state index contributed by atoms with van der Waals surface area (Å²) in [5.41, 5.74) is 6.13. The number of nitrogens with zero attached hydrogens (tertiary/aromatic N) is 2. The van der Waals surface area contributed by atoms with E-state index in [1.54, 1.807) is 11.7 Å². The number of methoxy groups -OCH3 is 1. The Balaban J connectivity index is 1.47. The van der Waals surface area contributed by atoms with Crippen LogP contribution >= 0.6 is 11.8 Å². The predicted molar refractivity (Wildman–Crippen MR) is 161 cm³/mol. The van der Waals surface area contributed by atoms with Crippen LogP contribution in [-0.4, -0.2) is 28.3 Å². The Hall–Kier alpha value is -3.84. The fraction of sp³-hybridized carbons (Fsp3) is 0.303. The van der Waals surface area contributed by atoms with Gasteiger partial charge in [-0.25, -0.2) is 4.98 Å². The summed E-state index contributed by atoms with van der Waals surface area (Å²) in [4.78, 5) is 32.8. The molecule has 1 N–H and O–H groups in total.